The first-order chi connectivity index (χ1) is 11.6. The standard InChI is InChI=1S/C20H26N2O2/c1-15(23)12-19(17-8-4-3-5-9-17)14-21-13-18-10-6-7-11-20(18)22-16(2)24/h3-11,15,19,21,23H,12-14H2,1-2H3,(H,22,24). The third-order valence-electron chi connectivity index (χ3n) is 3.93. The quantitative estimate of drug-likeness (QED) is 0.697. The van der Waals surface area contributed by atoms with E-state index in [1.165, 1.54) is 12.5 Å². The summed E-state index contributed by atoms with van der Waals surface area (Å²) in [5.74, 6) is 0.179. The number of hydrogen-bond donors (Lipinski definition) is 3. The van der Waals surface area contributed by atoms with Crippen LogP contribution in [0, 0.1) is 0 Å². The fourth-order valence-corrected chi connectivity index (χ4v) is 2.84. The van der Waals surface area contributed by atoms with Crippen LogP contribution in [0.4, 0.5) is 5.69 Å². The highest BCUT2D eigenvalue weighted by atomic mass is 16.3. The van der Waals surface area contributed by atoms with Gasteiger partial charge in [-0.15, -0.1) is 0 Å². The zero-order valence-electron chi connectivity index (χ0n) is 14.3. The van der Waals surface area contributed by atoms with Crippen molar-refractivity contribution in [2.45, 2.75) is 38.8 Å². The Balaban J connectivity index is 1.99. The molecule has 0 aliphatic heterocycles. The molecule has 2 unspecified atom stereocenters. The second-order valence-corrected chi connectivity index (χ2v) is 6.16. The minimum Gasteiger partial charge on any atom is -0.393 e. The fourth-order valence-electron chi connectivity index (χ4n) is 2.84. The van der Waals surface area contributed by atoms with E-state index < -0.39 is 0 Å². The Bertz CT molecular complexity index is 641. The van der Waals surface area contributed by atoms with Gasteiger partial charge in [-0.05, 0) is 36.5 Å². The minimum absolute atomic E-state index is 0.0706. The summed E-state index contributed by atoms with van der Waals surface area (Å²) in [5.41, 5.74) is 3.11. The summed E-state index contributed by atoms with van der Waals surface area (Å²) in [7, 11) is 0. The average molecular weight is 326 g/mol. The third-order valence-corrected chi connectivity index (χ3v) is 3.93. The number of carbonyl (C=O) groups is 1. The second kappa shape index (κ2) is 9.21. The third kappa shape index (κ3) is 5.80. The Morgan fingerprint density at radius 3 is 2.42 bits per heavy atom. The molecule has 4 heteroatoms. The second-order valence-electron chi connectivity index (χ2n) is 6.16. The Hall–Kier alpha value is -2.17. The summed E-state index contributed by atoms with van der Waals surface area (Å²) in [6, 6.07) is 18.0. The predicted octanol–water partition coefficient (Wildman–Crippen LogP) is 3.29. The molecule has 128 valence electrons. The zero-order valence-corrected chi connectivity index (χ0v) is 14.3. The lowest BCUT2D eigenvalue weighted by Gasteiger charge is -2.20. The topological polar surface area (TPSA) is 61.4 Å². The monoisotopic (exact) mass is 326 g/mol. The lowest BCUT2D eigenvalue weighted by Crippen LogP contribution is -2.24. The molecule has 3 N–H and O–H groups in total. The van der Waals surface area contributed by atoms with Crippen LogP contribution in [-0.2, 0) is 11.3 Å². The number of benzene rings is 2. The van der Waals surface area contributed by atoms with Crippen LogP contribution in [-0.4, -0.2) is 23.7 Å². The molecule has 0 aromatic heterocycles. The van der Waals surface area contributed by atoms with Crippen molar-refractivity contribution in [2.24, 2.45) is 0 Å². The van der Waals surface area contributed by atoms with Gasteiger partial charge in [-0.3, -0.25) is 4.79 Å². The van der Waals surface area contributed by atoms with Crippen LogP contribution in [0.3, 0.4) is 0 Å². The first kappa shape index (κ1) is 18.2. The van der Waals surface area contributed by atoms with Gasteiger partial charge in [0.1, 0.15) is 0 Å². The smallest absolute Gasteiger partial charge is 0.221 e. The van der Waals surface area contributed by atoms with Gasteiger partial charge >= 0.3 is 0 Å². The maximum atomic E-state index is 11.3. The van der Waals surface area contributed by atoms with Gasteiger partial charge in [0.2, 0.25) is 5.91 Å². The fraction of sp³-hybridized carbons (Fsp3) is 0.350. The molecular weight excluding hydrogens is 300 g/mol. The minimum atomic E-state index is -0.344. The van der Waals surface area contributed by atoms with E-state index in [1.807, 2.05) is 49.4 Å². The SMILES string of the molecule is CC(=O)Nc1ccccc1CNCC(CC(C)O)c1ccccc1. The maximum absolute atomic E-state index is 11.3. The first-order valence-corrected chi connectivity index (χ1v) is 8.35. The number of para-hydroxylation sites is 1. The van der Waals surface area contributed by atoms with E-state index in [2.05, 4.69) is 22.8 Å². The zero-order chi connectivity index (χ0) is 17.4. The van der Waals surface area contributed by atoms with Crippen LogP contribution < -0.4 is 10.6 Å². The van der Waals surface area contributed by atoms with Crippen LogP contribution in [0.1, 0.15) is 37.3 Å². The lowest BCUT2D eigenvalue weighted by molar-refractivity contribution is -0.114. The molecule has 0 saturated carbocycles. The van der Waals surface area contributed by atoms with Crippen LogP contribution in [0.25, 0.3) is 0 Å². The van der Waals surface area contributed by atoms with Crippen molar-refractivity contribution < 1.29 is 9.90 Å². The Labute approximate surface area is 143 Å². The van der Waals surface area contributed by atoms with Gasteiger partial charge in [-0.1, -0.05) is 48.5 Å². The lowest BCUT2D eigenvalue weighted by atomic mass is 9.93. The molecule has 2 aromatic rings. The Kier molecular flexibility index (Phi) is 6.97. The highest BCUT2D eigenvalue weighted by molar-refractivity contribution is 5.89. The number of hydrogen-bond acceptors (Lipinski definition) is 3. The van der Waals surface area contributed by atoms with E-state index in [0.717, 1.165) is 17.8 Å². The molecule has 2 atom stereocenters. The highest BCUT2D eigenvalue weighted by Crippen LogP contribution is 2.21. The molecule has 0 aliphatic carbocycles. The van der Waals surface area contributed by atoms with Crippen LogP contribution in [0.5, 0.6) is 0 Å². The van der Waals surface area contributed by atoms with Crippen molar-refractivity contribution >= 4 is 11.6 Å². The van der Waals surface area contributed by atoms with Crippen LogP contribution >= 0.6 is 0 Å². The number of rotatable bonds is 8. The van der Waals surface area contributed by atoms with E-state index in [0.29, 0.717) is 13.0 Å². The summed E-state index contributed by atoms with van der Waals surface area (Å²) >= 11 is 0. The van der Waals surface area contributed by atoms with Gasteiger partial charge in [0, 0.05) is 25.7 Å². The highest BCUT2D eigenvalue weighted by Gasteiger charge is 2.14. The maximum Gasteiger partial charge on any atom is 0.221 e. The van der Waals surface area contributed by atoms with Gasteiger partial charge in [-0.2, -0.15) is 0 Å². The molecule has 4 nitrogen and oxygen atoms in total. The molecular formula is C20H26N2O2. The van der Waals surface area contributed by atoms with Crippen molar-refractivity contribution in [3.63, 3.8) is 0 Å². The molecule has 2 aromatic carbocycles. The molecule has 0 spiro atoms. The van der Waals surface area contributed by atoms with Crippen molar-refractivity contribution in [3.05, 3.63) is 65.7 Å². The molecule has 1 amide bonds. The summed E-state index contributed by atoms with van der Waals surface area (Å²) in [6.07, 6.45) is 0.369. The van der Waals surface area contributed by atoms with Crippen molar-refractivity contribution in [2.75, 3.05) is 11.9 Å². The van der Waals surface area contributed by atoms with Gasteiger partial charge in [0.15, 0.2) is 0 Å². The summed E-state index contributed by atoms with van der Waals surface area (Å²) in [6.45, 7) is 4.77. The Morgan fingerprint density at radius 1 is 1.08 bits per heavy atom. The molecule has 24 heavy (non-hydrogen) atoms. The van der Waals surface area contributed by atoms with Gasteiger partial charge in [-0.25, -0.2) is 0 Å². The molecule has 0 radical (unpaired) electrons. The molecule has 0 heterocycles. The average Bonchev–Trinajstić information content (AvgIpc) is 2.55. The number of nitrogens with one attached hydrogen (secondary N) is 2. The van der Waals surface area contributed by atoms with Crippen LogP contribution in [0.15, 0.2) is 54.6 Å². The molecule has 0 saturated heterocycles. The van der Waals surface area contributed by atoms with E-state index in [-0.39, 0.29) is 17.9 Å². The first-order valence-electron chi connectivity index (χ1n) is 8.35. The Morgan fingerprint density at radius 2 is 1.75 bits per heavy atom. The van der Waals surface area contributed by atoms with E-state index in [4.69, 9.17) is 0 Å². The largest absolute Gasteiger partial charge is 0.393 e. The normalized spacial score (nSPS) is 13.3. The summed E-state index contributed by atoms with van der Waals surface area (Å²) in [4.78, 5) is 11.3. The molecule has 2 rings (SSSR count). The van der Waals surface area contributed by atoms with Gasteiger partial charge in [0.05, 0.1) is 6.10 Å². The van der Waals surface area contributed by atoms with Gasteiger partial charge < -0.3 is 15.7 Å². The number of aliphatic hydroxyl groups excluding tert-OH is 1. The van der Waals surface area contributed by atoms with E-state index in [1.54, 1.807) is 0 Å². The summed E-state index contributed by atoms with van der Waals surface area (Å²) < 4.78 is 0. The van der Waals surface area contributed by atoms with Crippen molar-refractivity contribution in [1.29, 1.82) is 0 Å². The molecule has 0 bridgehead atoms. The van der Waals surface area contributed by atoms with E-state index in [9.17, 15) is 9.90 Å². The van der Waals surface area contributed by atoms with Gasteiger partial charge in [0.25, 0.3) is 0 Å². The summed E-state index contributed by atoms with van der Waals surface area (Å²) in [5, 5.41) is 16.1. The molecule has 0 fully saturated rings. The van der Waals surface area contributed by atoms with Crippen molar-refractivity contribution in [3.8, 4) is 0 Å². The van der Waals surface area contributed by atoms with E-state index >= 15 is 0 Å². The predicted molar refractivity (Wildman–Crippen MR) is 97.9 cm³/mol. The number of anilines is 1. The van der Waals surface area contributed by atoms with Crippen LogP contribution in [0.2, 0.25) is 0 Å². The van der Waals surface area contributed by atoms with Crippen molar-refractivity contribution in [1.82, 2.24) is 5.32 Å². The number of aliphatic hydroxyl groups is 1. The molecule has 0 aliphatic rings. The number of amides is 1. The number of carbonyl (C=O) groups excluding carboxylic acids is 1.